The van der Waals surface area contributed by atoms with Gasteiger partial charge in [0.15, 0.2) is 0 Å². The molecule has 2 N–H and O–H groups in total. The zero-order chi connectivity index (χ0) is 20.9. The van der Waals surface area contributed by atoms with Gasteiger partial charge in [-0.3, -0.25) is 9.59 Å². The Balaban J connectivity index is 1.94. The Morgan fingerprint density at radius 3 is 2.50 bits per heavy atom. The summed E-state index contributed by atoms with van der Waals surface area (Å²) >= 11 is 0. The van der Waals surface area contributed by atoms with E-state index in [1.165, 1.54) is 0 Å². The van der Waals surface area contributed by atoms with Crippen LogP contribution in [0.3, 0.4) is 0 Å². The fourth-order valence-electron chi connectivity index (χ4n) is 3.22. The van der Waals surface area contributed by atoms with Gasteiger partial charge in [-0.25, -0.2) is 4.79 Å². The van der Waals surface area contributed by atoms with E-state index in [9.17, 15) is 19.5 Å². The number of amides is 2. The van der Waals surface area contributed by atoms with Crippen LogP contribution in [-0.4, -0.2) is 52.6 Å². The summed E-state index contributed by atoms with van der Waals surface area (Å²) < 4.78 is 5.55. The Labute approximate surface area is 166 Å². The lowest BCUT2D eigenvalue weighted by molar-refractivity contribution is -0.143. The van der Waals surface area contributed by atoms with E-state index in [4.69, 9.17) is 4.74 Å². The number of aliphatic carboxylic acids is 1. The lowest BCUT2D eigenvalue weighted by Gasteiger charge is -2.25. The highest BCUT2D eigenvalue weighted by Gasteiger charge is 2.38. The molecule has 0 saturated carbocycles. The summed E-state index contributed by atoms with van der Waals surface area (Å²) in [6.45, 7) is 8.08. The van der Waals surface area contributed by atoms with Crippen LogP contribution in [0.5, 0.6) is 0 Å². The zero-order valence-corrected chi connectivity index (χ0v) is 17.0. The number of ether oxygens (including phenoxy) is 1. The van der Waals surface area contributed by atoms with E-state index < -0.39 is 23.8 Å². The molecule has 7 heteroatoms. The molecule has 3 unspecified atom stereocenters. The van der Waals surface area contributed by atoms with Crippen molar-refractivity contribution in [2.45, 2.75) is 58.2 Å². The molecule has 1 fully saturated rings. The van der Waals surface area contributed by atoms with Crippen molar-refractivity contribution >= 4 is 17.8 Å². The van der Waals surface area contributed by atoms with Crippen LogP contribution in [0.15, 0.2) is 30.3 Å². The molecule has 1 aliphatic heterocycles. The lowest BCUT2D eigenvalue weighted by atomic mass is 10.1. The second kappa shape index (κ2) is 9.19. The van der Waals surface area contributed by atoms with Crippen molar-refractivity contribution in [3.05, 3.63) is 35.9 Å². The number of likely N-dealkylation sites (tertiary alicyclic amines) is 1. The van der Waals surface area contributed by atoms with Crippen LogP contribution in [-0.2, 0) is 19.1 Å². The number of nitrogens with one attached hydrogen (secondary N) is 1. The van der Waals surface area contributed by atoms with Gasteiger partial charge in [0, 0.05) is 26.0 Å². The van der Waals surface area contributed by atoms with E-state index in [-0.39, 0.29) is 43.5 Å². The Hall–Kier alpha value is -2.41. The maximum atomic E-state index is 12.6. The van der Waals surface area contributed by atoms with Crippen molar-refractivity contribution in [1.29, 1.82) is 0 Å². The molecule has 0 aliphatic carbocycles. The second-order valence-corrected chi connectivity index (χ2v) is 8.18. The smallest absolute Gasteiger partial charge is 0.326 e. The summed E-state index contributed by atoms with van der Waals surface area (Å²) in [5.74, 6) is -2.16. The van der Waals surface area contributed by atoms with Crippen molar-refractivity contribution in [3.8, 4) is 0 Å². The van der Waals surface area contributed by atoms with Crippen molar-refractivity contribution in [3.63, 3.8) is 0 Å². The van der Waals surface area contributed by atoms with Crippen molar-refractivity contribution in [2.24, 2.45) is 5.92 Å². The first-order valence-electron chi connectivity index (χ1n) is 9.60. The third kappa shape index (κ3) is 6.05. The molecule has 1 heterocycles. The third-order valence-electron chi connectivity index (χ3n) is 4.83. The predicted molar refractivity (Wildman–Crippen MR) is 105 cm³/mol. The summed E-state index contributed by atoms with van der Waals surface area (Å²) in [6, 6.07) is 8.45. The first-order valence-corrected chi connectivity index (χ1v) is 9.60. The van der Waals surface area contributed by atoms with Crippen molar-refractivity contribution in [1.82, 2.24) is 10.2 Å². The Kier molecular flexibility index (Phi) is 7.18. The largest absolute Gasteiger partial charge is 0.480 e. The summed E-state index contributed by atoms with van der Waals surface area (Å²) in [5.41, 5.74) is 0.624. The predicted octanol–water partition coefficient (Wildman–Crippen LogP) is 2.37. The van der Waals surface area contributed by atoms with E-state index in [1.54, 1.807) is 4.90 Å². The molecule has 1 aromatic rings. The Bertz CT molecular complexity index is 698. The maximum Gasteiger partial charge on any atom is 0.326 e. The SMILES string of the molecule is CC(c1ccccc1)N1CC(C(=O)NC(CCOC(C)(C)C)C(=O)O)CC1=O. The van der Waals surface area contributed by atoms with E-state index in [2.05, 4.69) is 5.32 Å². The van der Waals surface area contributed by atoms with Crippen LogP contribution in [0.2, 0.25) is 0 Å². The molecule has 1 aromatic carbocycles. The summed E-state index contributed by atoms with van der Waals surface area (Å²) in [7, 11) is 0. The van der Waals surface area contributed by atoms with E-state index >= 15 is 0 Å². The molecule has 1 saturated heterocycles. The zero-order valence-electron chi connectivity index (χ0n) is 17.0. The van der Waals surface area contributed by atoms with E-state index in [0.717, 1.165) is 5.56 Å². The topological polar surface area (TPSA) is 95.9 Å². The lowest BCUT2D eigenvalue weighted by Crippen LogP contribution is -2.45. The molecule has 0 aromatic heterocycles. The van der Waals surface area contributed by atoms with E-state index in [1.807, 2.05) is 58.0 Å². The average molecular weight is 390 g/mol. The number of benzene rings is 1. The minimum atomic E-state index is -1.11. The molecule has 0 bridgehead atoms. The number of carboxylic acids is 1. The molecule has 2 amide bonds. The summed E-state index contributed by atoms with van der Waals surface area (Å²) in [6.07, 6.45) is 0.261. The van der Waals surface area contributed by atoms with Gasteiger partial charge in [0.25, 0.3) is 0 Å². The highest BCUT2D eigenvalue weighted by Crippen LogP contribution is 2.28. The molecule has 0 spiro atoms. The standard InChI is InChI=1S/C21H30N2O5/c1-14(15-8-6-5-7-9-15)23-13-16(12-18(23)24)19(25)22-17(20(26)27)10-11-28-21(2,3)4/h5-9,14,16-17H,10-13H2,1-4H3,(H,22,25)(H,26,27). The van der Waals surface area contributed by atoms with Gasteiger partial charge >= 0.3 is 5.97 Å². The first kappa shape index (κ1) is 21.9. The van der Waals surface area contributed by atoms with Crippen LogP contribution in [0.4, 0.5) is 0 Å². The van der Waals surface area contributed by atoms with Crippen LogP contribution < -0.4 is 5.32 Å². The molecule has 154 valence electrons. The molecule has 28 heavy (non-hydrogen) atoms. The van der Waals surface area contributed by atoms with Crippen LogP contribution in [0.1, 0.15) is 52.1 Å². The number of rotatable bonds is 8. The highest BCUT2D eigenvalue weighted by atomic mass is 16.5. The van der Waals surface area contributed by atoms with Gasteiger partial charge in [0.2, 0.25) is 11.8 Å². The molecule has 1 aliphatic rings. The van der Waals surface area contributed by atoms with Gasteiger partial charge in [-0.15, -0.1) is 0 Å². The van der Waals surface area contributed by atoms with Gasteiger partial charge in [-0.1, -0.05) is 30.3 Å². The monoisotopic (exact) mass is 390 g/mol. The van der Waals surface area contributed by atoms with Crippen LogP contribution in [0, 0.1) is 5.92 Å². The average Bonchev–Trinajstić information content (AvgIpc) is 3.01. The van der Waals surface area contributed by atoms with Crippen LogP contribution in [0.25, 0.3) is 0 Å². The fourth-order valence-corrected chi connectivity index (χ4v) is 3.22. The molecule has 0 radical (unpaired) electrons. The van der Waals surface area contributed by atoms with Crippen LogP contribution >= 0.6 is 0 Å². The highest BCUT2D eigenvalue weighted by molar-refractivity contribution is 5.91. The number of hydrogen-bond donors (Lipinski definition) is 2. The third-order valence-corrected chi connectivity index (χ3v) is 4.83. The summed E-state index contributed by atoms with van der Waals surface area (Å²) in [5, 5.41) is 12.0. The second-order valence-electron chi connectivity index (χ2n) is 8.18. The number of carbonyl (C=O) groups is 3. The number of nitrogens with zero attached hydrogens (tertiary/aromatic N) is 1. The number of carbonyl (C=O) groups excluding carboxylic acids is 2. The minimum absolute atomic E-state index is 0.0911. The fraction of sp³-hybridized carbons (Fsp3) is 0.571. The molecule has 3 atom stereocenters. The quantitative estimate of drug-likeness (QED) is 0.710. The number of carboxylic acid groups (broad SMARTS) is 1. The number of hydrogen-bond acceptors (Lipinski definition) is 4. The normalized spacial score (nSPS) is 19.4. The minimum Gasteiger partial charge on any atom is -0.480 e. The molecular weight excluding hydrogens is 360 g/mol. The Morgan fingerprint density at radius 1 is 1.29 bits per heavy atom. The van der Waals surface area contributed by atoms with Gasteiger partial charge < -0.3 is 20.1 Å². The molecular formula is C21H30N2O5. The summed E-state index contributed by atoms with van der Waals surface area (Å²) in [4.78, 5) is 38.2. The van der Waals surface area contributed by atoms with Gasteiger partial charge in [0.05, 0.1) is 17.6 Å². The Morgan fingerprint density at radius 2 is 1.93 bits per heavy atom. The van der Waals surface area contributed by atoms with Gasteiger partial charge in [-0.05, 0) is 33.3 Å². The van der Waals surface area contributed by atoms with Gasteiger partial charge in [-0.2, -0.15) is 0 Å². The maximum absolute atomic E-state index is 12.6. The van der Waals surface area contributed by atoms with E-state index in [0.29, 0.717) is 0 Å². The molecule has 7 nitrogen and oxygen atoms in total. The van der Waals surface area contributed by atoms with Crippen molar-refractivity contribution < 1.29 is 24.2 Å². The first-order chi connectivity index (χ1) is 13.1. The van der Waals surface area contributed by atoms with Crippen molar-refractivity contribution in [2.75, 3.05) is 13.2 Å². The van der Waals surface area contributed by atoms with Gasteiger partial charge in [0.1, 0.15) is 6.04 Å². The molecule has 2 rings (SSSR count).